The Labute approximate surface area is 181 Å². The van der Waals surface area contributed by atoms with Crippen LogP contribution in [0.2, 0.25) is 0 Å². The predicted octanol–water partition coefficient (Wildman–Crippen LogP) is 5.30. The van der Waals surface area contributed by atoms with Crippen LogP contribution >= 0.6 is 0 Å². The zero-order valence-corrected chi connectivity index (χ0v) is 17.5. The third-order valence-electron chi connectivity index (χ3n) is 4.47. The average Bonchev–Trinajstić information content (AvgIpc) is 3.29. The normalized spacial score (nSPS) is 10.4. The molecule has 0 saturated heterocycles. The Morgan fingerprint density at radius 2 is 1.77 bits per heavy atom. The number of hydrogen-bond donors (Lipinski definition) is 0. The van der Waals surface area contributed by atoms with E-state index in [1.807, 2.05) is 18.2 Å². The Hall–Kier alpha value is -3.80. The zero-order valence-electron chi connectivity index (χ0n) is 17.5. The number of methoxy groups -OCH3 is 1. The first-order valence-corrected chi connectivity index (χ1v) is 9.88. The summed E-state index contributed by atoms with van der Waals surface area (Å²) < 4.78 is 22.2. The largest absolute Gasteiger partial charge is 0.493 e. The van der Waals surface area contributed by atoms with Crippen molar-refractivity contribution in [1.82, 2.24) is 4.98 Å². The molecule has 0 radical (unpaired) electrons. The molecule has 0 atom stereocenters. The number of aryl methyl sites for hydroxylation is 1. The molecular formula is C25H25NO5. The van der Waals surface area contributed by atoms with Crippen LogP contribution in [0.25, 0.3) is 11.5 Å². The second kappa shape index (κ2) is 10.8. The van der Waals surface area contributed by atoms with E-state index in [1.54, 1.807) is 49.8 Å². The van der Waals surface area contributed by atoms with Gasteiger partial charge in [-0.25, -0.2) is 4.98 Å². The Kier molecular flexibility index (Phi) is 7.65. The van der Waals surface area contributed by atoms with Crippen LogP contribution < -0.4 is 14.2 Å². The summed E-state index contributed by atoms with van der Waals surface area (Å²) in [5.41, 5.74) is 1.99. The highest BCUT2D eigenvalue weighted by Gasteiger charge is 2.15. The lowest BCUT2D eigenvalue weighted by molar-refractivity contribution is 0.0979. The van der Waals surface area contributed by atoms with Gasteiger partial charge in [-0.3, -0.25) is 4.79 Å². The first kappa shape index (κ1) is 21.9. The number of oxazole rings is 1. The summed E-state index contributed by atoms with van der Waals surface area (Å²) in [6.07, 6.45) is 5.61. The molecule has 3 rings (SSSR count). The van der Waals surface area contributed by atoms with Gasteiger partial charge >= 0.3 is 0 Å². The molecular weight excluding hydrogens is 394 g/mol. The molecule has 0 amide bonds. The summed E-state index contributed by atoms with van der Waals surface area (Å²) in [7, 11) is 1.58. The van der Waals surface area contributed by atoms with E-state index in [2.05, 4.69) is 18.1 Å². The molecule has 0 saturated carbocycles. The third-order valence-corrected chi connectivity index (χ3v) is 4.47. The maximum Gasteiger partial charge on any atom is 0.226 e. The summed E-state index contributed by atoms with van der Waals surface area (Å²) in [5.74, 6) is 2.17. The summed E-state index contributed by atoms with van der Waals surface area (Å²) in [4.78, 5) is 17.2. The third kappa shape index (κ3) is 5.63. The van der Waals surface area contributed by atoms with Crippen molar-refractivity contribution < 1.29 is 23.4 Å². The summed E-state index contributed by atoms with van der Waals surface area (Å²) >= 11 is 0. The number of ketones is 1. The Morgan fingerprint density at radius 3 is 2.52 bits per heavy atom. The van der Waals surface area contributed by atoms with Crippen LogP contribution in [0.4, 0.5) is 0 Å². The van der Waals surface area contributed by atoms with E-state index in [-0.39, 0.29) is 12.2 Å². The molecule has 0 aliphatic carbocycles. The van der Waals surface area contributed by atoms with Gasteiger partial charge in [-0.1, -0.05) is 37.4 Å². The number of para-hydroxylation sites is 1. The van der Waals surface area contributed by atoms with Gasteiger partial charge in [-0.15, -0.1) is 0 Å². The molecule has 0 bridgehead atoms. The van der Waals surface area contributed by atoms with Gasteiger partial charge in [0.15, 0.2) is 17.3 Å². The van der Waals surface area contributed by atoms with Crippen molar-refractivity contribution in [3.8, 4) is 28.7 Å². The average molecular weight is 419 g/mol. The number of carbonyl (C=O) groups excluding carboxylic acids is 1. The standard InChI is InChI=1S/C25H25NO5/c1-4-14-29-22-9-7-6-8-20(22)21(27)12-11-19-17-31-25(26-19)18-10-13-23(28-3)24(16-18)30-15-5-2/h4-10,13,16-17H,1-2,11-12,14-15H2,3H3. The number of ether oxygens (including phenoxy) is 3. The lowest BCUT2D eigenvalue weighted by Gasteiger charge is -2.10. The molecule has 0 N–H and O–H groups in total. The van der Waals surface area contributed by atoms with E-state index in [9.17, 15) is 4.79 Å². The Bertz CT molecular complexity index is 1050. The number of Topliss-reactive ketones (excluding diaryl/α,β-unsaturated/α-hetero) is 1. The quantitative estimate of drug-likeness (QED) is 0.293. The van der Waals surface area contributed by atoms with Crippen LogP contribution in [0.5, 0.6) is 17.2 Å². The number of hydrogen-bond acceptors (Lipinski definition) is 6. The highest BCUT2D eigenvalue weighted by molar-refractivity contribution is 5.98. The first-order valence-electron chi connectivity index (χ1n) is 9.88. The van der Waals surface area contributed by atoms with Crippen molar-refractivity contribution in [2.75, 3.05) is 20.3 Å². The van der Waals surface area contributed by atoms with Crippen molar-refractivity contribution in [3.63, 3.8) is 0 Å². The Balaban J connectivity index is 1.69. The lowest BCUT2D eigenvalue weighted by Crippen LogP contribution is -2.05. The van der Waals surface area contributed by atoms with Gasteiger partial charge in [-0.05, 0) is 30.3 Å². The molecule has 0 aliphatic rings. The molecule has 160 valence electrons. The smallest absolute Gasteiger partial charge is 0.226 e. The van der Waals surface area contributed by atoms with Crippen LogP contribution in [-0.2, 0) is 6.42 Å². The van der Waals surface area contributed by atoms with Gasteiger partial charge < -0.3 is 18.6 Å². The van der Waals surface area contributed by atoms with Crippen LogP contribution in [0.1, 0.15) is 22.5 Å². The molecule has 0 aliphatic heterocycles. The predicted molar refractivity (Wildman–Crippen MR) is 119 cm³/mol. The number of aromatic nitrogens is 1. The summed E-state index contributed by atoms with van der Waals surface area (Å²) in [5, 5.41) is 0. The van der Waals surface area contributed by atoms with E-state index in [0.717, 1.165) is 5.56 Å². The minimum absolute atomic E-state index is 0.0197. The highest BCUT2D eigenvalue weighted by Crippen LogP contribution is 2.32. The molecule has 3 aromatic rings. The second-order valence-electron chi connectivity index (χ2n) is 6.63. The van der Waals surface area contributed by atoms with Crippen molar-refractivity contribution >= 4 is 5.78 Å². The Morgan fingerprint density at radius 1 is 1.03 bits per heavy atom. The topological polar surface area (TPSA) is 70.8 Å². The van der Waals surface area contributed by atoms with Crippen molar-refractivity contribution in [1.29, 1.82) is 0 Å². The number of rotatable bonds is 12. The monoisotopic (exact) mass is 419 g/mol. The molecule has 0 spiro atoms. The van der Waals surface area contributed by atoms with Crippen LogP contribution in [-0.4, -0.2) is 31.1 Å². The maximum atomic E-state index is 12.7. The molecule has 31 heavy (non-hydrogen) atoms. The van der Waals surface area contributed by atoms with Gasteiger partial charge in [0.2, 0.25) is 5.89 Å². The van der Waals surface area contributed by atoms with E-state index in [4.69, 9.17) is 18.6 Å². The zero-order chi connectivity index (χ0) is 22.1. The molecule has 2 aromatic carbocycles. The maximum absolute atomic E-state index is 12.7. The van der Waals surface area contributed by atoms with Gasteiger partial charge in [0.25, 0.3) is 0 Å². The number of carbonyl (C=O) groups is 1. The number of nitrogens with zero attached hydrogens (tertiary/aromatic N) is 1. The first-order chi connectivity index (χ1) is 15.2. The second-order valence-corrected chi connectivity index (χ2v) is 6.63. The van der Waals surface area contributed by atoms with Crippen LogP contribution in [0, 0.1) is 0 Å². The van der Waals surface area contributed by atoms with Crippen molar-refractivity contribution in [2.24, 2.45) is 0 Å². The van der Waals surface area contributed by atoms with E-state index in [0.29, 0.717) is 54.0 Å². The van der Waals surface area contributed by atoms with E-state index in [1.165, 1.54) is 0 Å². The van der Waals surface area contributed by atoms with Gasteiger partial charge in [0, 0.05) is 18.4 Å². The van der Waals surface area contributed by atoms with Crippen LogP contribution in [0.3, 0.4) is 0 Å². The fourth-order valence-corrected chi connectivity index (χ4v) is 2.97. The molecule has 1 aromatic heterocycles. The van der Waals surface area contributed by atoms with Gasteiger partial charge in [0.1, 0.15) is 25.2 Å². The molecule has 0 fully saturated rings. The van der Waals surface area contributed by atoms with E-state index < -0.39 is 0 Å². The van der Waals surface area contributed by atoms with Crippen LogP contribution in [0.15, 0.2) is 78.5 Å². The lowest BCUT2D eigenvalue weighted by atomic mass is 10.0. The van der Waals surface area contributed by atoms with Gasteiger partial charge in [0.05, 0.1) is 18.4 Å². The SMILES string of the molecule is C=CCOc1cc(-c2nc(CCC(=O)c3ccccc3OCC=C)co2)ccc1OC. The van der Waals surface area contributed by atoms with Crippen molar-refractivity contribution in [3.05, 3.63) is 85.3 Å². The summed E-state index contributed by atoms with van der Waals surface area (Å²) in [6.45, 7) is 7.99. The minimum atomic E-state index is -0.0197. The summed E-state index contributed by atoms with van der Waals surface area (Å²) in [6, 6.07) is 12.6. The van der Waals surface area contributed by atoms with Gasteiger partial charge in [-0.2, -0.15) is 0 Å². The molecule has 6 nitrogen and oxygen atoms in total. The molecule has 0 unspecified atom stereocenters. The fraction of sp³-hybridized carbons (Fsp3) is 0.200. The van der Waals surface area contributed by atoms with E-state index >= 15 is 0 Å². The number of benzene rings is 2. The van der Waals surface area contributed by atoms with Crippen molar-refractivity contribution in [2.45, 2.75) is 12.8 Å². The fourth-order valence-electron chi connectivity index (χ4n) is 2.97. The highest BCUT2D eigenvalue weighted by atomic mass is 16.5. The minimum Gasteiger partial charge on any atom is -0.493 e. The molecule has 1 heterocycles. The molecule has 6 heteroatoms.